The van der Waals surface area contributed by atoms with Crippen LogP contribution in [-0.4, -0.2) is 60.6 Å². The molecule has 1 amide bonds. The fourth-order valence-electron chi connectivity index (χ4n) is 5.50. The van der Waals surface area contributed by atoms with Crippen LogP contribution in [0.3, 0.4) is 0 Å². The van der Waals surface area contributed by atoms with Gasteiger partial charge in [0.05, 0.1) is 25.8 Å². The first-order valence-electron chi connectivity index (χ1n) is 13.3. The van der Waals surface area contributed by atoms with Gasteiger partial charge in [0.25, 0.3) is 0 Å². The molecule has 2 fully saturated rings. The molecule has 0 bridgehead atoms. The van der Waals surface area contributed by atoms with Crippen molar-refractivity contribution in [1.82, 2.24) is 14.9 Å². The summed E-state index contributed by atoms with van der Waals surface area (Å²) in [6.45, 7) is 10.1. The lowest BCUT2D eigenvalue weighted by atomic mass is 9.97. The summed E-state index contributed by atoms with van der Waals surface area (Å²) in [5.74, 6) is 4.42. The van der Waals surface area contributed by atoms with E-state index in [2.05, 4.69) is 23.6 Å². The van der Waals surface area contributed by atoms with Gasteiger partial charge in [-0.05, 0) is 55.2 Å². The normalized spacial score (nSPS) is 19.6. The highest BCUT2D eigenvalue weighted by molar-refractivity contribution is 5.79. The van der Waals surface area contributed by atoms with E-state index < -0.39 is 0 Å². The standard InChI is InChI=1S/C28H39N5O2/c1-20-7-12-31(13-8-20)27-24-19-33(26(34)18-22-5-4-6-23(17-22)35-3)16-11-25(24)29-28(30-27)32-14-9-21(2)10-15-32/h4-6,17,20-21H,7-16,18-19H2,1-3H3. The quantitative estimate of drug-likeness (QED) is 0.647. The number of aromatic nitrogens is 2. The summed E-state index contributed by atoms with van der Waals surface area (Å²) in [5.41, 5.74) is 3.27. The van der Waals surface area contributed by atoms with Crippen molar-refractivity contribution < 1.29 is 9.53 Å². The zero-order valence-corrected chi connectivity index (χ0v) is 21.5. The van der Waals surface area contributed by atoms with Crippen molar-refractivity contribution in [2.75, 3.05) is 49.6 Å². The van der Waals surface area contributed by atoms with Crippen LogP contribution in [-0.2, 0) is 24.2 Å². The number of ether oxygens (including phenoxy) is 1. The molecule has 0 atom stereocenters. The molecule has 4 heterocycles. The van der Waals surface area contributed by atoms with Crippen molar-refractivity contribution in [3.63, 3.8) is 0 Å². The molecule has 0 N–H and O–H groups in total. The summed E-state index contributed by atoms with van der Waals surface area (Å²) < 4.78 is 5.33. The Labute approximate surface area is 209 Å². The topological polar surface area (TPSA) is 61.8 Å². The third-order valence-electron chi connectivity index (χ3n) is 8.02. The van der Waals surface area contributed by atoms with Crippen LogP contribution in [0.2, 0.25) is 0 Å². The Kier molecular flexibility index (Phi) is 7.12. The molecule has 188 valence electrons. The number of hydrogen-bond acceptors (Lipinski definition) is 6. The fourth-order valence-corrected chi connectivity index (χ4v) is 5.50. The number of fused-ring (bicyclic) bond motifs is 1. The summed E-state index contributed by atoms with van der Waals surface area (Å²) in [6, 6.07) is 7.80. The molecule has 3 aliphatic heterocycles. The van der Waals surface area contributed by atoms with Gasteiger partial charge >= 0.3 is 0 Å². The Morgan fingerprint density at radius 2 is 1.66 bits per heavy atom. The van der Waals surface area contributed by atoms with E-state index in [1.54, 1.807) is 7.11 Å². The third kappa shape index (κ3) is 5.39. The second-order valence-corrected chi connectivity index (χ2v) is 10.7. The van der Waals surface area contributed by atoms with Gasteiger partial charge in [0, 0.05) is 44.7 Å². The summed E-state index contributed by atoms with van der Waals surface area (Å²) in [4.78, 5) is 30.3. The predicted molar refractivity (Wildman–Crippen MR) is 139 cm³/mol. The molecule has 0 unspecified atom stereocenters. The zero-order valence-electron chi connectivity index (χ0n) is 21.5. The van der Waals surface area contributed by atoms with Crippen LogP contribution in [0.25, 0.3) is 0 Å². The second-order valence-electron chi connectivity index (χ2n) is 10.7. The Morgan fingerprint density at radius 1 is 0.971 bits per heavy atom. The molecule has 7 heteroatoms. The first-order chi connectivity index (χ1) is 17.0. The largest absolute Gasteiger partial charge is 0.497 e. The molecular weight excluding hydrogens is 438 g/mol. The van der Waals surface area contributed by atoms with E-state index in [-0.39, 0.29) is 5.91 Å². The average molecular weight is 478 g/mol. The average Bonchev–Trinajstić information content (AvgIpc) is 2.89. The lowest BCUT2D eigenvalue weighted by molar-refractivity contribution is -0.131. The molecular formula is C28H39N5O2. The first kappa shape index (κ1) is 23.9. The SMILES string of the molecule is COc1cccc(CC(=O)N2CCc3nc(N4CCC(C)CC4)nc(N4CCC(C)CC4)c3C2)c1. The monoisotopic (exact) mass is 477 g/mol. The Bertz CT molecular complexity index is 1040. The van der Waals surface area contributed by atoms with Crippen molar-refractivity contribution in [2.24, 2.45) is 11.8 Å². The second kappa shape index (κ2) is 10.4. The minimum Gasteiger partial charge on any atom is -0.497 e. The van der Waals surface area contributed by atoms with Gasteiger partial charge in [-0.1, -0.05) is 26.0 Å². The van der Waals surface area contributed by atoms with Crippen LogP contribution in [0, 0.1) is 11.8 Å². The summed E-state index contributed by atoms with van der Waals surface area (Å²) >= 11 is 0. The van der Waals surface area contributed by atoms with Gasteiger partial charge in [0.2, 0.25) is 11.9 Å². The lowest BCUT2D eigenvalue weighted by Crippen LogP contribution is -2.41. The number of benzene rings is 1. The van der Waals surface area contributed by atoms with Gasteiger partial charge in [0.15, 0.2) is 0 Å². The summed E-state index contributed by atoms with van der Waals surface area (Å²) in [6.07, 6.45) is 5.94. The van der Waals surface area contributed by atoms with E-state index in [1.165, 1.54) is 25.7 Å². The van der Waals surface area contributed by atoms with E-state index in [9.17, 15) is 4.79 Å². The molecule has 0 radical (unpaired) electrons. The van der Waals surface area contributed by atoms with Crippen LogP contribution in [0.4, 0.5) is 11.8 Å². The maximum Gasteiger partial charge on any atom is 0.227 e. The molecule has 2 saturated heterocycles. The van der Waals surface area contributed by atoms with Crippen molar-refractivity contribution in [1.29, 1.82) is 0 Å². The number of piperidine rings is 2. The highest BCUT2D eigenvalue weighted by Gasteiger charge is 2.30. The molecule has 0 saturated carbocycles. The van der Waals surface area contributed by atoms with Crippen LogP contribution in [0.15, 0.2) is 24.3 Å². The van der Waals surface area contributed by atoms with Crippen LogP contribution in [0.1, 0.15) is 56.4 Å². The highest BCUT2D eigenvalue weighted by atomic mass is 16.5. The van der Waals surface area contributed by atoms with E-state index >= 15 is 0 Å². The number of methoxy groups -OCH3 is 1. The maximum absolute atomic E-state index is 13.3. The number of hydrogen-bond donors (Lipinski definition) is 0. The van der Waals surface area contributed by atoms with E-state index in [1.807, 2.05) is 29.2 Å². The van der Waals surface area contributed by atoms with Gasteiger partial charge in [0.1, 0.15) is 11.6 Å². The molecule has 1 aromatic heterocycles. The minimum absolute atomic E-state index is 0.149. The van der Waals surface area contributed by atoms with Gasteiger partial charge in [-0.2, -0.15) is 4.98 Å². The van der Waals surface area contributed by atoms with Gasteiger partial charge < -0.3 is 19.4 Å². The maximum atomic E-state index is 13.3. The molecule has 5 rings (SSSR count). The molecule has 0 spiro atoms. The van der Waals surface area contributed by atoms with Crippen LogP contribution >= 0.6 is 0 Å². The van der Waals surface area contributed by atoms with Crippen molar-refractivity contribution in [3.8, 4) is 5.75 Å². The lowest BCUT2D eigenvalue weighted by Gasteiger charge is -2.37. The molecule has 0 aliphatic carbocycles. The minimum atomic E-state index is 0.149. The molecule has 2 aromatic rings. The highest BCUT2D eigenvalue weighted by Crippen LogP contribution is 2.33. The fraction of sp³-hybridized carbons (Fsp3) is 0.607. The number of amides is 1. The number of carbonyl (C=O) groups is 1. The Balaban J connectivity index is 1.39. The summed E-state index contributed by atoms with van der Waals surface area (Å²) in [7, 11) is 1.66. The van der Waals surface area contributed by atoms with E-state index in [0.29, 0.717) is 19.5 Å². The van der Waals surface area contributed by atoms with E-state index in [0.717, 1.165) is 78.8 Å². The van der Waals surface area contributed by atoms with Crippen molar-refractivity contribution in [2.45, 2.75) is 58.9 Å². The van der Waals surface area contributed by atoms with Gasteiger partial charge in [-0.15, -0.1) is 0 Å². The van der Waals surface area contributed by atoms with Gasteiger partial charge in [-0.25, -0.2) is 4.98 Å². The van der Waals surface area contributed by atoms with Crippen molar-refractivity contribution >= 4 is 17.7 Å². The summed E-state index contributed by atoms with van der Waals surface area (Å²) in [5, 5.41) is 0. The number of anilines is 2. The molecule has 35 heavy (non-hydrogen) atoms. The Hall–Kier alpha value is -2.83. The van der Waals surface area contributed by atoms with Crippen LogP contribution in [0.5, 0.6) is 5.75 Å². The van der Waals surface area contributed by atoms with Crippen molar-refractivity contribution in [3.05, 3.63) is 41.1 Å². The number of carbonyl (C=O) groups excluding carboxylic acids is 1. The first-order valence-corrected chi connectivity index (χ1v) is 13.3. The van der Waals surface area contributed by atoms with Gasteiger partial charge in [-0.3, -0.25) is 4.79 Å². The molecule has 1 aromatic carbocycles. The van der Waals surface area contributed by atoms with E-state index in [4.69, 9.17) is 14.7 Å². The zero-order chi connectivity index (χ0) is 24.4. The molecule has 7 nitrogen and oxygen atoms in total. The third-order valence-corrected chi connectivity index (χ3v) is 8.02. The Morgan fingerprint density at radius 3 is 2.34 bits per heavy atom. The molecule has 3 aliphatic rings. The van der Waals surface area contributed by atoms with Crippen LogP contribution < -0.4 is 14.5 Å². The number of nitrogens with zero attached hydrogens (tertiary/aromatic N) is 5. The number of rotatable bonds is 5. The predicted octanol–water partition coefficient (Wildman–Crippen LogP) is 4.09. The smallest absolute Gasteiger partial charge is 0.227 e.